The molecule has 7 heteroatoms. The zero-order valence-electron chi connectivity index (χ0n) is 17.9. The predicted octanol–water partition coefficient (Wildman–Crippen LogP) is 6.52. The first-order valence-electron chi connectivity index (χ1n) is 10.9. The van der Waals surface area contributed by atoms with Crippen LogP contribution in [0.15, 0.2) is 48.5 Å². The highest BCUT2D eigenvalue weighted by Crippen LogP contribution is 2.47. The van der Waals surface area contributed by atoms with Gasteiger partial charge in [0.15, 0.2) is 5.78 Å². The lowest BCUT2D eigenvalue weighted by Crippen LogP contribution is -2.41. The van der Waals surface area contributed by atoms with E-state index in [0.717, 1.165) is 56.2 Å². The molecule has 4 rings (SSSR count). The van der Waals surface area contributed by atoms with Crippen molar-refractivity contribution in [3.8, 4) is 0 Å². The van der Waals surface area contributed by atoms with Crippen molar-refractivity contribution in [1.29, 1.82) is 0 Å². The van der Waals surface area contributed by atoms with Crippen molar-refractivity contribution in [3.05, 3.63) is 80.4 Å². The molecule has 0 aromatic heterocycles. The summed E-state index contributed by atoms with van der Waals surface area (Å²) >= 11 is 5.97. The molecule has 2 aliphatic carbocycles. The number of nitro groups is 1. The largest absolute Gasteiger partial charge is 0.314 e. The summed E-state index contributed by atoms with van der Waals surface area (Å²) in [7, 11) is 0. The number of rotatable bonds is 7. The van der Waals surface area contributed by atoms with Crippen molar-refractivity contribution in [2.75, 3.05) is 6.54 Å². The Hall–Kier alpha value is -2.21. The third-order valence-corrected chi connectivity index (χ3v) is 6.96. The Morgan fingerprint density at radius 1 is 1.19 bits per heavy atom. The third kappa shape index (κ3) is 5.40. The van der Waals surface area contributed by atoms with Crippen LogP contribution in [0.4, 0.5) is 5.69 Å². The van der Waals surface area contributed by atoms with Gasteiger partial charge in [-0.25, -0.2) is 0 Å². The number of nitrogens with zero attached hydrogens (tertiary/aromatic N) is 1. The number of allylic oxidation sites excluding steroid dienone is 1. The van der Waals surface area contributed by atoms with Gasteiger partial charge >= 0.3 is 0 Å². The van der Waals surface area contributed by atoms with Gasteiger partial charge in [0.05, 0.1) is 4.92 Å². The average molecular weight is 475 g/mol. The van der Waals surface area contributed by atoms with Gasteiger partial charge in [0.2, 0.25) is 0 Å². The fourth-order valence-electron chi connectivity index (χ4n) is 4.99. The molecule has 0 amide bonds. The number of benzene rings is 2. The summed E-state index contributed by atoms with van der Waals surface area (Å²) in [6.07, 6.45) is 10.7. The zero-order chi connectivity index (χ0) is 21.8. The second kappa shape index (κ2) is 10.6. The van der Waals surface area contributed by atoms with E-state index >= 15 is 0 Å². The summed E-state index contributed by atoms with van der Waals surface area (Å²) in [6.45, 7) is 0.811. The van der Waals surface area contributed by atoms with Gasteiger partial charge < -0.3 is 5.32 Å². The van der Waals surface area contributed by atoms with E-state index < -0.39 is 0 Å². The first-order valence-corrected chi connectivity index (χ1v) is 11.3. The van der Waals surface area contributed by atoms with Gasteiger partial charge in [-0.15, -0.1) is 12.4 Å². The van der Waals surface area contributed by atoms with Gasteiger partial charge in [-0.1, -0.05) is 35.9 Å². The van der Waals surface area contributed by atoms with E-state index in [0.29, 0.717) is 23.0 Å². The van der Waals surface area contributed by atoms with Gasteiger partial charge in [-0.3, -0.25) is 14.9 Å². The molecule has 32 heavy (non-hydrogen) atoms. The molecule has 2 aromatic carbocycles. The minimum Gasteiger partial charge on any atom is -0.314 e. The van der Waals surface area contributed by atoms with Crippen LogP contribution in [0.1, 0.15) is 66.4 Å². The molecular formula is C25H28Cl2N2O3. The molecule has 0 saturated heterocycles. The molecule has 170 valence electrons. The number of non-ortho nitro benzene ring substituents is 1. The SMILES string of the molecule is Cl.O=C(CCCNC1CCC2(CC=Cc3ccc([N+](=O)[O-])cc32)CC1)c1cccc(Cl)c1. The molecule has 0 aliphatic heterocycles. The van der Waals surface area contributed by atoms with Crippen molar-refractivity contribution >= 4 is 41.6 Å². The van der Waals surface area contributed by atoms with Crippen molar-refractivity contribution in [2.24, 2.45) is 0 Å². The lowest BCUT2D eigenvalue weighted by Gasteiger charge is -2.42. The quantitative estimate of drug-likeness (QED) is 0.214. The summed E-state index contributed by atoms with van der Waals surface area (Å²) in [4.78, 5) is 23.3. The molecule has 1 saturated carbocycles. The Morgan fingerprint density at radius 3 is 2.69 bits per heavy atom. The van der Waals surface area contributed by atoms with Crippen molar-refractivity contribution in [1.82, 2.24) is 5.32 Å². The summed E-state index contributed by atoms with van der Waals surface area (Å²) in [5.74, 6) is 0.124. The highest BCUT2D eigenvalue weighted by atomic mass is 35.5. The number of hydrogen-bond acceptors (Lipinski definition) is 4. The molecule has 0 heterocycles. The fourth-order valence-corrected chi connectivity index (χ4v) is 5.18. The number of Topliss-reactive ketones (excluding diaryl/α,β-unsaturated/α-hetero) is 1. The highest BCUT2D eigenvalue weighted by molar-refractivity contribution is 6.31. The maximum Gasteiger partial charge on any atom is 0.269 e. The topological polar surface area (TPSA) is 72.2 Å². The van der Waals surface area contributed by atoms with Gasteiger partial charge in [0, 0.05) is 35.2 Å². The molecule has 0 radical (unpaired) electrons. The van der Waals surface area contributed by atoms with E-state index in [-0.39, 0.29) is 34.2 Å². The Morgan fingerprint density at radius 2 is 1.97 bits per heavy atom. The van der Waals surface area contributed by atoms with E-state index in [4.69, 9.17) is 11.6 Å². The number of nitro benzene ring substituents is 1. The number of nitrogens with one attached hydrogen (secondary N) is 1. The Labute approximate surface area is 199 Å². The van der Waals surface area contributed by atoms with Gasteiger partial charge in [-0.05, 0) is 79.8 Å². The minimum atomic E-state index is -0.301. The van der Waals surface area contributed by atoms with Crippen molar-refractivity contribution < 1.29 is 9.72 Å². The second-order valence-electron chi connectivity index (χ2n) is 8.68. The Kier molecular flexibility index (Phi) is 8.10. The van der Waals surface area contributed by atoms with Gasteiger partial charge in [0.1, 0.15) is 0 Å². The van der Waals surface area contributed by atoms with Crippen LogP contribution in [0.2, 0.25) is 5.02 Å². The smallest absolute Gasteiger partial charge is 0.269 e. The van der Waals surface area contributed by atoms with Crippen LogP contribution < -0.4 is 5.32 Å². The normalized spacial score (nSPS) is 21.6. The van der Waals surface area contributed by atoms with Crippen molar-refractivity contribution in [3.63, 3.8) is 0 Å². The molecule has 0 unspecified atom stereocenters. The molecule has 0 atom stereocenters. The molecular weight excluding hydrogens is 447 g/mol. The van der Waals surface area contributed by atoms with Crippen LogP contribution >= 0.6 is 24.0 Å². The van der Waals surface area contributed by atoms with E-state index in [1.807, 2.05) is 12.1 Å². The number of ketones is 1. The molecule has 1 fully saturated rings. The highest BCUT2D eigenvalue weighted by Gasteiger charge is 2.39. The van der Waals surface area contributed by atoms with Crippen LogP contribution in [0, 0.1) is 10.1 Å². The first-order chi connectivity index (χ1) is 15.0. The molecule has 1 N–H and O–H groups in total. The lowest BCUT2D eigenvalue weighted by molar-refractivity contribution is -0.385. The average Bonchev–Trinajstić information content (AvgIpc) is 2.78. The third-order valence-electron chi connectivity index (χ3n) is 6.73. The van der Waals surface area contributed by atoms with Crippen molar-refractivity contribution in [2.45, 2.75) is 56.4 Å². The first kappa shape index (κ1) is 24.4. The van der Waals surface area contributed by atoms with Gasteiger partial charge in [0.25, 0.3) is 5.69 Å². The second-order valence-corrected chi connectivity index (χ2v) is 9.12. The van der Waals surface area contributed by atoms with Crippen LogP contribution in [-0.4, -0.2) is 23.3 Å². The number of halogens is 2. The van der Waals surface area contributed by atoms with E-state index in [1.165, 1.54) is 0 Å². The summed E-state index contributed by atoms with van der Waals surface area (Å²) in [5, 5.41) is 15.5. The van der Waals surface area contributed by atoms with Gasteiger partial charge in [-0.2, -0.15) is 0 Å². The minimum absolute atomic E-state index is 0. The maximum absolute atomic E-state index is 12.3. The van der Waals surface area contributed by atoms with Crippen LogP contribution in [0.3, 0.4) is 0 Å². The van der Waals surface area contributed by atoms with Crippen LogP contribution in [-0.2, 0) is 5.41 Å². The van der Waals surface area contributed by atoms with Crippen LogP contribution in [0.25, 0.3) is 6.08 Å². The van der Waals surface area contributed by atoms with E-state index in [9.17, 15) is 14.9 Å². The maximum atomic E-state index is 12.3. The molecule has 5 nitrogen and oxygen atoms in total. The summed E-state index contributed by atoms with van der Waals surface area (Å²) in [6, 6.07) is 12.8. The zero-order valence-corrected chi connectivity index (χ0v) is 19.5. The standard InChI is InChI=1S/C25H27ClN2O3.ClH/c26-20-6-1-4-19(16-20)24(29)7-3-15-27-21-10-13-25(14-11-21)12-2-5-18-8-9-22(28(30)31)17-23(18)25;/h1-2,4-6,8-9,16-17,21,27H,3,7,10-15H2;1H. The Bertz CT molecular complexity index is 1010. The molecule has 1 spiro atoms. The predicted molar refractivity (Wildman–Crippen MR) is 131 cm³/mol. The summed E-state index contributed by atoms with van der Waals surface area (Å²) in [5.41, 5.74) is 3.11. The molecule has 0 bridgehead atoms. The number of hydrogen-bond donors (Lipinski definition) is 1. The van der Waals surface area contributed by atoms with E-state index in [2.05, 4.69) is 17.5 Å². The molecule has 2 aliphatic rings. The van der Waals surface area contributed by atoms with E-state index in [1.54, 1.807) is 30.3 Å². The lowest BCUT2D eigenvalue weighted by atomic mass is 9.63. The molecule has 2 aromatic rings. The number of fused-ring (bicyclic) bond motifs is 2. The monoisotopic (exact) mass is 474 g/mol. The number of carbonyl (C=O) groups excluding carboxylic acids is 1. The Balaban J connectivity index is 0.00000289. The van der Waals surface area contributed by atoms with Crippen LogP contribution in [0.5, 0.6) is 0 Å². The fraction of sp³-hybridized carbons (Fsp3) is 0.400. The summed E-state index contributed by atoms with van der Waals surface area (Å²) < 4.78 is 0. The number of carbonyl (C=O) groups is 1.